The van der Waals surface area contributed by atoms with Crippen LogP contribution in [0.2, 0.25) is 0 Å². The first-order valence-corrected chi connectivity index (χ1v) is 5.89. The Morgan fingerprint density at radius 3 is 2.43 bits per heavy atom. The second-order valence-electron chi connectivity index (χ2n) is 4.79. The zero-order chi connectivity index (χ0) is 10.4. The molecule has 14 heavy (non-hydrogen) atoms. The summed E-state index contributed by atoms with van der Waals surface area (Å²) in [7, 11) is 0. The van der Waals surface area contributed by atoms with Crippen molar-refractivity contribution in [3.8, 4) is 0 Å². The Hall–Kier alpha value is -0.590. The molecule has 0 radical (unpaired) electrons. The van der Waals surface area contributed by atoms with E-state index in [-0.39, 0.29) is 0 Å². The summed E-state index contributed by atoms with van der Waals surface area (Å²) >= 11 is 0. The van der Waals surface area contributed by atoms with E-state index in [2.05, 4.69) is 19.9 Å². The lowest BCUT2D eigenvalue weighted by Crippen LogP contribution is -2.10. The number of hydrogen-bond acceptors (Lipinski definition) is 1. The standard InChI is InChI=1S/C13H22O/c1-11(2)8-9-13(10-14)12-6-4-3-5-7-12/h9-12H,3-8H2,1-2H3. The molecule has 0 spiro atoms. The van der Waals surface area contributed by atoms with Gasteiger partial charge < -0.3 is 0 Å². The predicted octanol–water partition coefficient (Wildman–Crippen LogP) is 3.74. The third-order valence-corrected chi connectivity index (χ3v) is 3.04. The summed E-state index contributed by atoms with van der Waals surface area (Å²) in [5.41, 5.74) is 1.07. The minimum absolute atomic E-state index is 0.569. The van der Waals surface area contributed by atoms with Gasteiger partial charge in [-0.25, -0.2) is 0 Å². The second-order valence-corrected chi connectivity index (χ2v) is 4.79. The van der Waals surface area contributed by atoms with E-state index in [9.17, 15) is 4.79 Å². The van der Waals surface area contributed by atoms with Gasteiger partial charge >= 0.3 is 0 Å². The van der Waals surface area contributed by atoms with Gasteiger partial charge in [-0.1, -0.05) is 39.2 Å². The van der Waals surface area contributed by atoms with Crippen LogP contribution in [-0.4, -0.2) is 6.29 Å². The third-order valence-electron chi connectivity index (χ3n) is 3.04. The van der Waals surface area contributed by atoms with E-state index in [1.165, 1.54) is 32.1 Å². The normalized spacial score (nSPS) is 20.1. The zero-order valence-corrected chi connectivity index (χ0v) is 9.46. The van der Waals surface area contributed by atoms with Gasteiger partial charge in [-0.05, 0) is 36.7 Å². The molecule has 0 N–H and O–H groups in total. The summed E-state index contributed by atoms with van der Waals surface area (Å²) in [5, 5.41) is 0. The molecule has 0 atom stereocenters. The van der Waals surface area contributed by atoms with Crippen LogP contribution in [0.4, 0.5) is 0 Å². The first kappa shape index (κ1) is 11.5. The third kappa shape index (κ3) is 3.65. The van der Waals surface area contributed by atoms with Crippen LogP contribution in [0, 0.1) is 11.8 Å². The molecular formula is C13H22O. The fourth-order valence-electron chi connectivity index (χ4n) is 2.12. The van der Waals surface area contributed by atoms with E-state index in [1.807, 2.05) is 0 Å². The molecule has 0 aromatic rings. The van der Waals surface area contributed by atoms with Gasteiger partial charge in [0.05, 0.1) is 0 Å². The molecule has 1 aliphatic rings. The van der Waals surface area contributed by atoms with Gasteiger partial charge in [-0.3, -0.25) is 4.79 Å². The monoisotopic (exact) mass is 194 g/mol. The second kappa shape index (κ2) is 6.00. The minimum atomic E-state index is 0.569. The zero-order valence-electron chi connectivity index (χ0n) is 9.46. The van der Waals surface area contributed by atoms with Gasteiger partial charge in [0.1, 0.15) is 6.29 Å². The van der Waals surface area contributed by atoms with E-state index in [1.54, 1.807) is 0 Å². The molecule has 80 valence electrons. The highest BCUT2D eigenvalue weighted by Crippen LogP contribution is 2.29. The van der Waals surface area contributed by atoms with Crippen LogP contribution in [0.25, 0.3) is 0 Å². The van der Waals surface area contributed by atoms with Gasteiger partial charge in [0.25, 0.3) is 0 Å². The average Bonchev–Trinajstić information content (AvgIpc) is 2.20. The Morgan fingerprint density at radius 2 is 1.93 bits per heavy atom. The molecule has 0 bridgehead atoms. The minimum Gasteiger partial charge on any atom is -0.298 e. The summed E-state index contributed by atoms with van der Waals surface area (Å²) in [6.45, 7) is 4.39. The lowest BCUT2D eigenvalue weighted by molar-refractivity contribution is -0.105. The van der Waals surface area contributed by atoms with Crippen molar-refractivity contribution >= 4 is 6.29 Å². The largest absolute Gasteiger partial charge is 0.298 e. The summed E-state index contributed by atoms with van der Waals surface area (Å²) in [6, 6.07) is 0. The quantitative estimate of drug-likeness (QED) is 0.492. The van der Waals surface area contributed by atoms with Crippen molar-refractivity contribution < 1.29 is 4.79 Å². The van der Waals surface area contributed by atoms with Crippen molar-refractivity contribution in [1.29, 1.82) is 0 Å². The van der Waals surface area contributed by atoms with Crippen molar-refractivity contribution in [3.63, 3.8) is 0 Å². The summed E-state index contributed by atoms with van der Waals surface area (Å²) in [5.74, 6) is 1.23. The molecule has 0 aromatic carbocycles. The van der Waals surface area contributed by atoms with Gasteiger partial charge in [0, 0.05) is 0 Å². The van der Waals surface area contributed by atoms with E-state index in [4.69, 9.17) is 0 Å². The molecule has 0 unspecified atom stereocenters. The van der Waals surface area contributed by atoms with Crippen LogP contribution < -0.4 is 0 Å². The Labute approximate surface area is 87.6 Å². The van der Waals surface area contributed by atoms with Crippen molar-refractivity contribution in [2.24, 2.45) is 11.8 Å². The van der Waals surface area contributed by atoms with Crippen LogP contribution in [0.3, 0.4) is 0 Å². The van der Waals surface area contributed by atoms with Crippen LogP contribution in [-0.2, 0) is 4.79 Å². The van der Waals surface area contributed by atoms with Gasteiger partial charge in [0.15, 0.2) is 0 Å². The summed E-state index contributed by atoms with van der Waals surface area (Å²) < 4.78 is 0. The number of aldehydes is 1. The number of allylic oxidation sites excluding steroid dienone is 2. The SMILES string of the molecule is CC(C)CC=C(C=O)C1CCCCC1. The topological polar surface area (TPSA) is 17.1 Å². The first-order chi connectivity index (χ1) is 6.74. The van der Waals surface area contributed by atoms with E-state index < -0.39 is 0 Å². The van der Waals surface area contributed by atoms with Gasteiger partial charge in [-0.2, -0.15) is 0 Å². The highest BCUT2D eigenvalue weighted by Gasteiger charge is 2.16. The van der Waals surface area contributed by atoms with Crippen LogP contribution in [0.1, 0.15) is 52.4 Å². The fraction of sp³-hybridized carbons (Fsp3) is 0.769. The molecule has 0 heterocycles. The highest BCUT2D eigenvalue weighted by atomic mass is 16.1. The van der Waals surface area contributed by atoms with Crippen LogP contribution in [0.5, 0.6) is 0 Å². The van der Waals surface area contributed by atoms with Crippen molar-refractivity contribution in [1.82, 2.24) is 0 Å². The maximum atomic E-state index is 10.9. The first-order valence-electron chi connectivity index (χ1n) is 5.89. The number of carbonyl (C=O) groups excluding carboxylic acids is 1. The van der Waals surface area contributed by atoms with Gasteiger partial charge in [-0.15, -0.1) is 0 Å². The number of hydrogen-bond donors (Lipinski definition) is 0. The average molecular weight is 194 g/mol. The van der Waals surface area contributed by atoms with Crippen LogP contribution in [0.15, 0.2) is 11.6 Å². The Morgan fingerprint density at radius 1 is 1.29 bits per heavy atom. The maximum absolute atomic E-state index is 10.9. The maximum Gasteiger partial charge on any atom is 0.145 e. The molecule has 0 saturated heterocycles. The predicted molar refractivity (Wildman–Crippen MR) is 60.2 cm³/mol. The molecule has 1 fully saturated rings. The van der Waals surface area contributed by atoms with Crippen molar-refractivity contribution in [3.05, 3.63) is 11.6 Å². The number of carbonyl (C=O) groups is 1. The Balaban J connectivity index is 2.50. The molecule has 1 aliphatic carbocycles. The van der Waals surface area contributed by atoms with Crippen LogP contribution >= 0.6 is 0 Å². The molecule has 1 saturated carbocycles. The van der Waals surface area contributed by atoms with E-state index >= 15 is 0 Å². The molecule has 0 amide bonds. The van der Waals surface area contributed by atoms with Gasteiger partial charge in [0.2, 0.25) is 0 Å². The fourth-order valence-corrected chi connectivity index (χ4v) is 2.12. The lowest BCUT2D eigenvalue weighted by Gasteiger charge is -2.21. The smallest absolute Gasteiger partial charge is 0.145 e. The Bertz CT molecular complexity index is 197. The molecular weight excluding hydrogens is 172 g/mol. The molecule has 0 aromatic heterocycles. The lowest BCUT2D eigenvalue weighted by atomic mass is 9.83. The Kier molecular flexibility index (Phi) is 4.92. The van der Waals surface area contributed by atoms with Crippen molar-refractivity contribution in [2.45, 2.75) is 52.4 Å². The van der Waals surface area contributed by atoms with E-state index in [0.717, 1.165) is 18.3 Å². The highest BCUT2D eigenvalue weighted by molar-refractivity contribution is 5.73. The summed E-state index contributed by atoms with van der Waals surface area (Å²) in [4.78, 5) is 10.9. The van der Waals surface area contributed by atoms with E-state index in [0.29, 0.717) is 11.8 Å². The molecule has 1 heteroatoms. The number of rotatable bonds is 4. The molecule has 1 rings (SSSR count). The van der Waals surface area contributed by atoms with Crippen molar-refractivity contribution in [2.75, 3.05) is 0 Å². The summed E-state index contributed by atoms with van der Waals surface area (Å²) in [6.07, 6.45) is 10.7. The molecule has 1 nitrogen and oxygen atoms in total. The molecule has 0 aliphatic heterocycles.